The third-order valence-corrected chi connectivity index (χ3v) is 3.31. The molecular weight excluding hydrogens is 270 g/mol. The molecule has 0 saturated heterocycles. The van der Waals surface area contributed by atoms with Crippen LogP contribution in [-0.4, -0.2) is 28.9 Å². The first kappa shape index (κ1) is 14.3. The zero-order chi connectivity index (χ0) is 14.9. The van der Waals surface area contributed by atoms with E-state index in [0.29, 0.717) is 4.99 Å². The molecule has 6 heteroatoms. The highest BCUT2D eigenvalue weighted by molar-refractivity contribution is 7.80. The third kappa shape index (κ3) is 2.60. The van der Waals surface area contributed by atoms with Crippen molar-refractivity contribution in [2.75, 3.05) is 24.3 Å². The summed E-state index contributed by atoms with van der Waals surface area (Å²) in [5, 5.41) is 7.76. The van der Waals surface area contributed by atoms with E-state index in [9.17, 15) is 0 Å². The number of thiocarbonyl (C=S) groups is 1. The number of para-hydroxylation sites is 2. The van der Waals surface area contributed by atoms with Crippen LogP contribution in [0.15, 0.2) is 24.3 Å². The fraction of sp³-hybridized carbons (Fsp3) is 0.286. The fourth-order valence-electron chi connectivity index (χ4n) is 2.19. The van der Waals surface area contributed by atoms with Crippen molar-refractivity contribution >= 4 is 34.4 Å². The molecule has 1 heterocycles. The number of rotatable bonds is 4. The summed E-state index contributed by atoms with van der Waals surface area (Å²) in [6, 6.07) is 8.05. The highest BCUT2D eigenvalue weighted by Crippen LogP contribution is 2.29. The standard InChI is InChI=1S/C14H19N5S/c1-9-12(13(15)20)14(19(4)17-9)16-10-7-5-6-8-11(10)18(2)3/h5-8,16H,1-4H3,(H2,15,20). The lowest BCUT2D eigenvalue weighted by Crippen LogP contribution is -2.15. The Hall–Kier alpha value is -2.08. The van der Waals surface area contributed by atoms with E-state index in [1.54, 1.807) is 4.68 Å². The van der Waals surface area contributed by atoms with E-state index in [1.165, 1.54) is 0 Å². The molecule has 106 valence electrons. The minimum atomic E-state index is 0.348. The van der Waals surface area contributed by atoms with Crippen LogP contribution in [0.4, 0.5) is 17.2 Å². The van der Waals surface area contributed by atoms with Gasteiger partial charge < -0.3 is 16.0 Å². The minimum absolute atomic E-state index is 0.348. The summed E-state index contributed by atoms with van der Waals surface area (Å²) in [6.45, 7) is 1.90. The second-order valence-corrected chi connectivity index (χ2v) is 5.27. The summed E-state index contributed by atoms with van der Waals surface area (Å²) in [5.74, 6) is 0.810. The second kappa shape index (κ2) is 5.50. The number of aryl methyl sites for hydroxylation is 2. The van der Waals surface area contributed by atoms with Crippen LogP contribution in [0.25, 0.3) is 0 Å². The number of hydrogen-bond acceptors (Lipinski definition) is 4. The van der Waals surface area contributed by atoms with Crippen molar-refractivity contribution in [2.24, 2.45) is 12.8 Å². The van der Waals surface area contributed by atoms with Gasteiger partial charge in [-0.05, 0) is 19.1 Å². The topological polar surface area (TPSA) is 59.1 Å². The molecule has 0 unspecified atom stereocenters. The van der Waals surface area contributed by atoms with Crippen LogP contribution >= 0.6 is 12.2 Å². The number of nitrogens with zero attached hydrogens (tertiary/aromatic N) is 3. The Morgan fingerprint density at radius 2 is 2.00 bits per heavy atom. The molecule has 3 N–H and O–H groups in total. The van der Waals surface area contributed by atoms with E-state index in [1.807, 2.05) is 57.2 Å². The molecule has 0 saturated carbocycles. The summed E-state index contributed by atoms with van der Waals surface area (Å²) < 4.78 is 1.76. The predicted octanol–water partition coefficient (Wildman–Crippen LogP) is 2.17. The molecule has 0 fully saturated rings. The van der Waals surface area contributed by atoms with Crippen LogP contribution in [-0.2, 0) is 7.05 Å². The monoisotopic (exact) mass is 289 g/mol. The van der Waals surface area contributed by atoms with Gasteiger partial charge in [0.15, 0.2) is 0 Å². The van der Waals surface area contributed by atoms with E-state index in [0.717, 1.165) is 28.5 Å². The molecule has 0 bridgehead atoms. The van der Waals surface area contributed by atoms with Gasteiger partial charge in [0.1, 0.15) is 10.8 Å². The van der Waals surface area contributed by atoms with E-state index < -0.39 is 0 Å². The Morgan fingerprint density at radius 1 is 1.35 bits per heavy atom. The Balaban J connectivity index is 2.48. The SMILES string of the molecule is Cc1nn(C)c(Nc2ccccc2N(C)C)c1C(N)=S. The highest BCUT2D eigenvalue weighted by atomic mass is 32.1. The largest absolute Gasteiger partial charge is 0.389 e. The van der Waals surface area contributed by atoms with Crippen LogP contribution in [0.5, 0.6) is 0 Å². The van der Waals surface area contributed by atoms with Crippen molar-refractivity contribution in [1.82, 2.24) is 9.78 Å². The van der Waals surface area contributed by atoms with Gasteiger partial charge in [-0.3, -0.25) is 4.68 Å². The van der Waals surface area contributed by atoms with Gasteiger partial charge in [0, 0.05) is 21.1 Å². The Bertz CT molecular complexity index is 645. The molecule has 0 atom stereocenters. The van der Waals surface area contributed by atoms with Gasteiger partial charge in [-0.15, -0.1) is 0 Å². The number of anilines is 3. The maximum Gasteiger partial charge on any atom is 0.139 e. The number of benzene rings is 1. The molecule has 0 aliphatic rings. The fourth-order valence-corrected chi connectivity index (χ4v) is 2.44. The summed E-state index contributed by atoms with van der Waals surface area (Å²) in [4.78, 5) is 2.40. The van der Waals surface area contributed by atoms with Gasteiger partial charge in [0.2, 0.25) is 0 Å². The van der Waals surface area contributed by atoms with Gasteiger partial charge in [-0.2, -0.15) is 5.10 Å². The number of aromatic nitrogens is 2. The van der Waals surface area contributed by atoms with Crippen LogP contribution in [0, 0.1) is 6.92 Å². The minimum Gasteiger partial charge on any atom is -0.389 e. The first-order chi connectivity index (χ1) is 9.41. The maximum absolute atomic E-state index is 5.81. The lowest BCUT2D eigenvalue weighted by Gasteiger charge is -2.19. The van der Waals surface area contributed by atoms with Gasteiger partial charge in [0.25, 0.3) is 0 Å². The lowest BCUT2D eigenvalue weighted by molar-refractivity contribution is 0.765. The van der Waals surface area contributed by atoms with Crippen molar-refractivity contribution in [3.8, 4) is 0 Å². The number of nitrogens with one attached hydrogen (secondary N) is 1. The van der Waals surface area contributed by atoms with Gasteiger partial charge >= 0.3 is 0 Å². The Kier molecular flexibility index (Phi) is 3.94. The molecule has 0 radical (unpaired) electrons. The quantitative estimate of drug-likeness (QED) is 0.845. The Labute approximate surface area is 124 Å². The van der Waals surface area contributed by atoms with Crippen LogP contribution in [0.1, 0.15) is 11.3 Å². The predicted molar refractivity (Wildman–Crippen MR) is 87.9 cm³/mol. The van der Waals surface area contributed by atoms with Gasteiger partial charge in [-0.25, -0.2) is 0 Å². The van der Waals surface area contributed by atoms with Crippen molar-refractivity contribution in [3.05, 3.63) is 35.5 Å². The summed E-state index contributed by atoms with van der Waals surface area (Å²) >= 11 is 5.13. The molecule has 5 nitrogen and oxygen atoms in total. The molecule has 2 rings (SSSR count). The van der Waals surface area contributed by atoms with Gasteiger partial charge in [-0.1, -0.05) is 24.4 Å². The lowest BCUT2D eigenvalue weighted by atomic mass is 10.2. The van der Waals surface area contributed by atoms with Crippen molar-refractivity contribution < 1.29 is 0 Å². The van der Waals surface area contributed by atoms with E-state index in [4.69, 9.17) is 18.0 Å². The van der Waals surface area contributed by atoms with Crippen molar-refractivity contribution in [2.45, 2.75) is 6.92 Å². The maximum atomic E-state index is 5.81. The summed E-state index contributed by atoms with van der Waals surface area (Å²) in [5.41, 5.74) is 9.49. The normalized spacial score (nSPS) is 10.4. The van der Waals surface area contributed by atoms with Gasteiger partial charge in [0.05, 0.1) is 22.6 Å². The number of hydrogen-bond donors (Lipinski definition) is 2. The van der Waals surface area contributed by atoms with E-state index >= 15 is 0 Å². The molecule has 0 amide bonds. The molecular formula is C14H19N5S. The van der Waals surface area contributed by atoms with E-state index in [-0.39, 0.29) is 0 Å². The van der Waals surface area contributed by atoms with Crippen LogP contribution in [0.2, 0.25) is 0 Å². The molecule has 1 aromatic heterocycles. The Morgan fingerprint density at radius 3 is 2.60 bits per heavy atom. The molecule has 20 heavy (non-hydrogen) atoms. The van der Waals surface area contributed by atoms with E-state index in [2.05, 4.69) is 10.4 Å². The average Bonchev–Trinajstić information content (AvgIpc) is 2.64. The van der Waals surface area contributed by atoms with Crippen molar-refractivity contribution in [1.29, 1.82) is 0 Å². The molecule has 2 aromatic rings. The third-order valence-electron chi connectivity index (χ3n) is 3.11. The average molecular weight is 289 g/mol. The second-order valence-electron chi connectivity index (χ2n) is 4.83. The number of nitrogens with two attached hydrogens (primary N) is 1. The zero-order valence-electron chi connectivity index (χ0n) is 12.1. The first-order valence-corrected chi connectivity index (χ1v) is 6.69. The first-order valence-electron chi connectivity index (χ1n) is 6.28. The highest BCUT2D eigenvalue weighted by Gasteiger charge is 2.16. The van der Waals surface area contributed by atoms with Crippen molar-refractivity contribution in [3.63, 3.8) is 0 Å². The summed E-state index contributed by atoms with van der Waals surface area (Å²) in [6.07, 6.45) is 0. The molecule has 0 aliphatic carbocycles. The molecule has 0 spiro atoms. The molecule has 1 aromatic carbocycles. The zero-order valence-corrected chi connectivity index (χ0v) is 13.0. The summed E-state index contributed by atoms with van der Waals surface area (Å²) in [7, 11) is 5.88. The smallest absolute Gasteiger partial charge is 0.139 e. The van der Waals surface area contributed by atoms with Crippen LogP contribution < -0.4 is 16.0 Å². The molecule has 0 aliphatic heterocycles. The van der Waals surface area contributed by atoms with Crippen LogP contribution in [0.3, 0.4) is 0 Å².